The monoisotopic (exact) mass is 312 g/mol. The Kier molecular flexibility index (Phi) is 5.75. The van der Waals surface area contributed by atoms with E-state index in [1.54, 1.807) is 0 Å². The first-order valence-electron chi connectivity index (χ1n) is 7.43. The highest BCUT2D eigenvalue weighted by molar-refractivity contribution is 7.87. The van der Waals surface area contributed by atoms with Gasteiger partial charge in [0.05, 0.1) is 12.6 Å². The molecule has 0 bridgehead atoms. The molecule has 2 atom stereocenters. The molecule has 0 saturated carbocycles. The molecule has 2 rings (SSSR count). The van der Waals surface area contributed by atoms with Crippen molar-refractivity contribution in [3.63, 3.8) is 0 Å². The number of piperidine rings is 1. The Morgan fingerprint density at radius 3 is 2.71 bits per heavy atom. The molecule has 118 valence electrons. The summed E-state index contributed by atoms with van der Waals surface area (Å²) in [6.45, 7) is 2.97. The van der Waals surface area contributed by atoms with Crippen molar-refractivity contribution >= 4 is 10.2 Å². The maximum absolute atomic E-state index is 12.4. The fourth-order valence-electron chi connectivity index (χ4n) is 2.69. The van der Waals surface area contributed by atoms with Crippen LogP contribution in [0.15, 0.2) is 30.3 Å². The summed E-state index contributed by atoms with van der Waals surface area (Å²) in [5.41, 5.74) is 1.01. The molecular formula is C15H24N2O3S. The molecule has 0 aromatic heterocycles. The van der Waals surface area contributed by atoms with E-state index in [-0.39, 0.29) is 6.61 Å². The predicted molar refractivity (Wildman–Crippen MR) is 83.0 cm³/mol. The third-order valence-electron chi connectivity index (χ3n) is 3.82. The zero-order valence-electron chi connectivity index (χ0n) is 12.4. The van der Waals surface area contributed by atoms with Gasteiger partial charge in [-0.15, -0.1) is 0 Å². The number of benzene rings is 1. The minimum absolute atomic E-state index is 0.211. The number of hydrogen-bond acceptors (Lipinski definition) is 3. The Labute approximate surface area is 127 Å². The molecule has 6 heteroatoms. The van der Waals surface area contributed by atoms with Crippen molar-refractivity contribution in [3.05, 3.63) is 35.9 Å². The van der Waals surface area contributed by atoms with Gasteiger partial charge in [0.15, 0.2) is 0 Å². The molecule has 0 radical (unpaired) electrons. The largest absolute Gasteiger partial charge is 0.395 e. The van der Waals surface area contributed by atoms with Gasteiger partial charge >= 0.3 is 0 Å². The first-order valence-corrected chi connectivity index (χ1v) is 8.87. The molecule has 1 aromatic carbocycles. The molecule has 2 N–H and O–H groups in total. The Morgan fingerprint density at radius 2 is 2.10 bits per heavy atom. The Hall–Kier alpha value is -0.950. The summed E-state index contributed by atoms with van der Waals surface area (Å²) >= 11 is 0. The molecule has 0 aliphatic carbocycles. The molecule has 1 aliphatic rings. The van der Waals surface area contributed by atoms with Gasteiger partial charge < -0.3 is 5.11 Å². The first kappa shape index (κ1) is 16.4. The average Bonchev–Trinajstić information content (AvgIpc) is 2.47. The highest BCUT2D eigenvalue weighted by Crippen LogP contribution is 2.18. The van der Waals surface area contributed by atoms with Crippen LogP contribution in [0.25, 0.3) is 0 Å². The number of rotatable bonds is 6. The van der Waals surface area contributed by atoms with Crippen molar-refractivity contribution in [2.24, 2.45) is 5.92 Å². The highest BCUT2D eigenvalue weighted by Gasteiger charge is 2.28. The third kappa shape index (κ3) is 4.78. The number of hydrogen-bond donors (Lipinski definition) is 2. The third-order valence-corrected chi connectivity index (χ3v) is 5.46. The van der Waals surface area contributed by atoms with Gasteiger partial charge in [-0.25, -0.2) is 0 Å². The first-order chi connectivity index (χ1) is 10.0. The van der Waals surface area contributed by atoms with Gasteiger partial charge in [-0.3, -0.25) is 0 Å². The molecule has 0 spiro atoms. The van der Waals surface area contributed by atoms with E-state index < -0.39 is 16.3 Å². The van der Waals surface area contributed by atoms with Crippen molar-refractivity contribution in [3.8, 4) is 0 Å². The number of aliphatic hydroxyl groups excluding tert-OH is 1. The van der Waals surface area contributed by atoms with Crippen LogP contribution < -0.4 is 4.72 Å². The quantitative estimate of drug-likeness (QED) is 0.828. The fourth-order valence-corrected chi connectivity index (χ4v) is 4.24. The number of nitrogens with zero attached hydrogens (tertiary/aromatic N) is 1. The van der Waals surface area contributed by atoms with E-state index in [2.05, 4.69) is 11.6 Å². The summed E-state index contributed by atoms with van der Waals surface area (Å²) in [7, 11) is -3.52. The highest BCUT2D eigenvalue weighted by atomic mass is 32.2. The van der Waals surface area contributed by atoms with Crippen LogP contribution >= 0.6 is 0 Å². The molecular weight excluding hydrogens is 288 g/mol. The van der Waals surface area contributed by atoms with Gasteiger partial charge in [0.2, 0.25) is 0 Å². The number of nitrogens with one attached hydrogen (secondary N) is 1. The Bertz CT molecular complexity index is 533. The molecule has 1 aromatic rings. The predicted octanol–water partition coefficient (Wildman–Crippen LogP) is 1.16. The van der Waals surface area contributed by atoms with E-state index in [0.29, 0.717) is 25.4 Å². The lowest BCUT2D eigenvalue weighted by molar-refractivity contribution is 0.245. The van der Waals surface area contributed by atoms with Crippen LogP contribution in [0.3, 0.4) is 0 Å². The van der Waals surface area contributed by atoms with E-state index in [0.717, 1.165) is 18.4 Å². The van der Waals surface area contributed by atoms with Crippen LogP contribution in [-0.4, -0.2) is 43.6 Å². The zero-order valence-corrected chi connectivity index (χ0v) is 13.2. The van der Waals surface area contributed by atoms with Gasteiger partial charge in [-0.1, -0.05) is 37.3 Å². The maximum Gasteiger partial charge on any atom is 0.279 e. The summed E-state index contributed by atoms with van der Waals surface area (Å²) in [5.74, 6) is 0.386. The van der Waals surface area contributed by atoms with Gasteiger partial charge in [0.1, 0.15) is 0 Å². The Morgan fingerprint density at radius 1 is 1.38 bits per heavy atom. The van der Waals surface area contributed by atoms with E-state index >= 15 is 0 Å². The molecule has 0 amide bonds. The number of aliphatic hydroxyl groups is 1. The topological polar surface area (TPSA) is 69.6 Å². The maximum atomic E-state index is 12.4. The molecule has 1 fully saturated rings. The lowest BCUT2D eigenvalue weighted by atomic mass is 10.0. The summed E-state index contributed by atoms with van der Waals surface area (Å²) in [6.07, 6.45) is 2.45. The molecule has 1 heterocycles. The van der Waals surface area contributed by atoms with E-state index in [9.17, 15) is 13.5 Å². The van der Waals surface area contributed by atoms with Gasteiger partial charge in [0, 0.05) is 13.1 Å². The average molecular weight is 312 g/mol. The zero-order chi connectivity index (χ0) is 15.3. The second kappa shape index (κ2) is 7.35. The summed E-state index contributed by atoms with van der Waals surface area (Å²) in [6, 6.07) is 9.10. The lowest BCUT2D eigenvalue weighted by Gasteiger charge is -2.31. The van der Waals surface area contributed by atoms with E-state index in [1.165, 1.54) is 4.31 Å². The van der Waals surface area contributed by atoms with Gasteiger partial charge in [-0.05, 0) is 30.7 Å². The fraction of sp³-hybridized carbons (Fsp3) is 0.600. The summed E-state index contributed by atoms with van der Waals surface area (Å²) in [5, 5.41) is 9.46. The normalized spacial score (nSPS) is 22.1. The van der Waals surface area contributed by atoms with Crippen molar-refractivity contribution in [2.75, 3.05) is 19.7 Å². The van der Waals surface area contributed by atoms with E-state index in [4.69, 9.17) is 0 Å². The smallest absolute Gasteiger partial charge is 0.279 e. The minimum atomic E-state index is -3.52. The molecule has 2 unspecified atom stereocenters. The standard InChI is InChI=1S/C15H24N2O3S/c1-13-6-5-9-17(11-13)21(19,20)16-15(12-18)10-14-7-3-2-4-8-14/h2-4,7-8,13,15-16,18H,5-6,9-12H2,1H3. The van der Waals surface area contributed by atoms with Crippen LogP contribution in [0, 0.1) is 5.92 Å². The van der Waals surface area contributed by atoms with Crippen molar-refractivity contribution < 1.29 is 13.5 Å². The minimum Gasteiger partial charge on any atom is -0.395 e. The van der Waals surface area contributed by atoms with Crippen LogP contribution in [0.2, 0.25) is 0 Å². The van der Waals surface area contributed by atoms with Crippen molar-refractivity contribution in [1.82, 2.24) is 9.03 Å². The van der Waals surface area contributed by atoms with Crippen LogP contribution in [0.5, 0.6) is 0 Å². The van der Waals surface area contributed by atoms with E-state index in [1.807, 2.05) is 30.3 Å². The van der Waals surface area contributed by atoms with Crippen molar-refractivity contribution in [1.29, 1.82) is 0 Å². The van der Waals surface area contributed by atoms with Crippen LogP contribution in [0.1, 0.15) is 25.3 Å². The van der Waals surface area contributed by atoms with Gasteiger partial charge in [0.25, 0.3) is 10.2 Å². The second-order valence-corrected chi connectivity index (χ2v) is 7.50. The second-order valence-electron chi connectivity index (χ2n) is 5.80. The molecule has 1 saturated heterocycles. The Balaban J connectivity index is 1.99. The lowest BCUT2D eigenvalue weighted by Crippen LogP contribution is -2.50. The van der Waals surface area contributed by atoms with Crippen LogP contribution in [-0.2, 0) is 16.6 Å². The van der Waals surface area contributed by atoms with Crippen molar-refractivity contribution in [2.45, 2.75) is 32.2 Å². The molecule has 1 aliphatic heterocycles. The van der Waals surface area contributed by atoms with Crippen LogP contribution in [0.4, 0.5) is 0 Å². The molecule has 5 nitrogen and oxygen atoms in total. The molecule has 21 heavy (non-hydrogen) atoms. The summed E-state index contributed by atoms with van der Waals surface area (Å²) in [4.78, 5) is 0. The van der Waals surface area contributed by atoms with Gasteiger partial charge in [-0.2, -0.15) is 17.4 Å². The SMILES string of the molecule is CC1CCCN(S(=O)(=O)NC(CO)Cc2ccccc2)C1. The summed E-state index contributed by atoms with van der Waals surface area (Å²) < 4.78 is 28.9.